The number of oxime groups is 1. The molecule has 0 spiro atoms. The van der Waals surface area contributed by atoms with Gasteiger partial charge in [-0.2, -0.15) is 0 Å². The van der Waals surface area contributed by atoms with Gasteiger partial charge in [-0.1, -0.05) is 18.2 Å². The molecule has 0 bridgehead atoms. The molecule has 1 rings (SSSR count). The van der Waals surface area contributed by atoms with Gasteiger partial charge < -0.3 is 9.57 Å². The highest BCUT2D eigenvalue weighted by atomic mass is 16.6. The highest BCUT2D eigenvalue weighted by Gasteiger charge is 2.06. The van der Waals surface area contributed by atoms with Crippen LogP contribution < -0.4 is 0 Å². The molecule has 0 heterocycles. The maximum absolute atomic E-state index is 5.09. The Balaban J connectivity index is 2.04. The van der Waals surface area contributed by atoms with Gasteiger partial charge in [-0.15, -0.1) is 0 Å². The van der Waals surface area contributed by atoms with Gasteiger partial charge in [0.2, 0.25) is 0 Å². The Morgan fingerprint density at radius 2 is 2.00 bits per heavy atom. The first-order valence-corrected chi connectivity index (χ1v) is 4.83. The number of ether oxygens (including phenoxy) is 1. The van der Waals surface area contributed by atoms with Crippen LogP contribution in [0.2, 0.25) is 0 Å². The summed E-state index contributed by atoms with van der Waals surface area (Å²) in [4.78, 5) is 5.09. The van der Waals surface area contributed by atoms with Gasteiger partial charge in [-0.3, -0.25) is 0 Å². The lowest BCUT2D eigenvalue weighted by atomic mass is 9.99. The monoisotopic (exact) mass is 183 g/mol. The molecule has 0 radical (unpaired) electrons. The van der Waals surface area contributed by atoms with Crippen molar-refractivity contribution >= 4 is 5.71 Å². The summed E-state index contributed by atoms with van der Waals surface area (Å²) >= 11 is 0. The van der Waals surface area contributed by atoms with Crippen LogP contribution >= 0.6 is 0 Å². The molecule has 0 atom stereocenters. The summed E-state index contributed by atoms with van der Waals surface area (Å²) in [7, 11) is 0. The molecule has 1 saturated carbocycles. The minimum absolute atomic E-state index is 0.509. The smallest absolute Gasteiger partial charge is 0.151 e. The van der Waals surface area contributed by atoms with Gasteiger partial charge in [0.15, 0.2) is 6.61 Å². The first-order valence-electron chi connectivity index (χ1n) is 4.83. The first kappa shape index (κ1) is 10.1. The summed E-state index contributed by atoms with van der Waals surface area (Å²) in [5.41, 5.74) is 1.20. The third kappa shape index (κ3) is 4.55. The van der Waals surface area contributed by atoms with E-state index in [4.69, 9.17) is 9.57 Å². The summed E-state index contributed by atoms with van der Waals surface area (Å²) < 4.78 is 4.89. The van der Waals surface area contributed by atoms with Gasteiger partial charge in [0, 0.05) is 0 Å². The zero-order valence-corrected chi connectivity index (χ0v) is 8.00. The first-order chi connectivity index (χ1) is 6.43. The van der Waals surface area contributed by atoms with Crippen LogP contribution in [-0.4, -0.2) is 18.9 Å². The topological polar surface area (TPSA) is 30.8 Å². The molecule has 13 heavy (non-hydrogen) atoms. The molecule has 74 valence electrons. The van der Waals surface area contributed by atoms with Crippen LogP contribution in [0.25, 0.3) is 0 Å². The average molecular weight is 183 g/mol. The van der Waals surface area contributed by atoms with Crippen molar-refractivity contribution in [2.75, 3.05) is 13.2 Å². The van der Waals surface area contributed by atoms with Crippen molar-refractivity contribution < 1.29 is 9.57 Å². The Bertz CT molecular complexity index is 170. The zero-order valence-electron chi connectivity index (χ0n) is 8.00. The molecular formula is C10H17NO2. The Morgan fingerprint density at radius 1 is 1.23 bits per heavy atom. The molecule has 1 fully saturated rings. The maximum Gasteiger partial charge on any atom is 0.151 e. The van der Waals surface area contributed by atoms with E-state index in [1.54, 1.807) is 0 Å². The van der Waals surface area contributed by atoms with Crippen molar-refractivity contribution in [3.63, 3.8) is 0 Å². The molecule has 0 saturated heterocycles. The van der Waals surface area contributed by atoms with E-state index in [-0.39, 0.29) is 0 Å². The lowest BCUT2D eigenvalue weighted by molar-refractivity contribution is 0.0896. The Kier molecular flexibility index (Phi) is 5.06. The summed E-state index contributed by atoms with van der Waals surface area (Å²) in [6.07, 6.45) is 7.46. The van der Waals surface area contributed by atoms with Gasteiger partial charge in [-0.05, 0) is 25.7 Å². The maximum atomic E-state index is 5.09. The van der Waals surface area contributed by atoms with Crippen molar-refractivity contribution in [3.05, 3.63) is 12.8 Å². The summed E-state index contributed by atoms with van der Waals surface area (Å²) in [5, 5.41) is 4.06. The second kappa shape index (κ2) is 6.52. The van der Waals surface area contributed by atoms with Crippen molar-refractivity contribution in [1.82, 2.24) is 0 Å². The summed E-state index contributed by atoms with van der Waals surface area (Å²) in [6.45, 7) is 4.47. The number of hydrogen-bond donors (Lipinski definition) is 0. The fourth-order valence-corrected chi connectivity index (χ4v) is 1.36. The zero-order chi connectivity index (χ0) is 9.36. The van der Waals surface area contributed by atoms with Gasteiger partial charge in [0.1, 0.15) is 6.61 Å². The average Bonchev–Trinajstić information content (AvgIpc) is 2.19. The second-order valence-corrected chi connectivity index (χ2v) is 3.09. The molecule has 0 aliphatic heterocycles. The molecule has 0 amide bonds. The minimum Gasteiger partial charge on any atom is -0.498 e. The fourth-order valence-electron chi connectivity index (χ4n) is 1.36. The quantitative estimate of drug-likeness (QED) is 0.372. The number of rotatable bonds is 5. The summed E-state index contributed by atoms with van der Waals surface area (Å²) in [6, 6.07) is 0. The van der Waals surface area contributed by atoms with E-state index < -0.39 is 0 Å². The van der Waals surface area contributed by atoms with Crippen LogP contribution in [0.3, 0.4) is 0 Å². The predicted octanol–water partition coefficient (Wildman–Crippen LogP) is 2.48. The van der Waals surface area contributed by atoms with E-state index in [1.165, 1.54) is 31.2 Å². The van der Waals surface area contributed by atoms with Crippen molar-refractivity contribution in [1.29, 1.82) is 0 Å². The van der Waals surface area contributed by atoms with Gasteiger partial charge >= 0.3 is 0 Å². The van der Waals surface area contributed by atoms with Crippen LogP contribution in [0.1, 0.15) is 32.1 Å². The molecule has 3 heteroatoms. The lowest BCUT2D eigenvalue weighted by Gasteiger charge is -2.11. The van der Waals surface area contributed by atoms with Crippen molar-refractivity contribution in [2.24, 2.45) is 5.16 Å². The molecule has 1 aliphatic carbocycles. The molecule has 0 unspecified atom stereocenters. The largest absolute Gasteiger partial charge is 0.498 e. The standard InChI is InChI=1S/C10H17NO2/c1-2-12-8-9-13-11-10-6-4-3-5-7-10/h2H,1,3-9H2. The van der Waals surface area contributed by atoms with Crippen LogP contribution in [-0.2, 0) is 9.57 Å². The van der Waals surface area contributed by atoms with Gasteiger partial charge in [0.25, 0.3) is 0 Å². The molecule has 0 N–H and O–H groups in total. The number of nitrogens with zero attached hydrogens (tertiary/aromatic N) is 1. The van der Waals surface area contributed by atoms with E-state index >= 15 is 0 Å². The van der Waals surface area contributed by atoms with Gasteiger partial charge in [0.05, 0.1) is 12.0 Å². The van der Waals surface area contributed by atoms with Crippen LogP contribution in [0.15, 0.2) is 18.0 Å². The minimum atomic E-state index is 0.509. The van der Waals surface area contributed by atoms with Crippen LogP contribution in [0.5, 0.6) is 0 Å². The third-order valence-electron chi connectivity index (χ3n) is 2.03. The van der Waals surface area contributed by atoms with Crippen molar-refractivity contribution in [3.8, 4) is 0 Å². The molecule has 3 nitrogen and oxygen atoms in total. The normalized spacial score (nSPS) is 16.5. The Hall–Kier alpha value is -0.990. The molecule has 0 aromatic carbocycles. The molecule has 0 aromatic heterocycles. The van der Waals surface area contributed by atoms with E-state index in [2.05, 4.69) is 11.7 Å². The van der Waals surface area contributed by atoms with Crippen molar-refractivity contribution in [2.45, 2.75) is 32.1 Å². The Morgan fingerprint density at radius 3 is 2.69 bits per heavy atom. The SMILES string of the molecule is C=COCCON=C1CCCCC1. The van der Waals surface area contributed by atoms with Crippen LogP contribution in [0.4, 0.5) is 0 Å². The Labute approximate surface area is 79.4 Å². The fraction of sp³-hybridized carbons (Fsp3) is 0.700. The molecule has 1 aliphatic rings. The third-order valence-corrected chi connectivity index (χ3v) is 2.03. The molecule has 0 aromatic rings. The van der Waals surface area contributed by atoms with Crippen LogP contribution in [0, 0.1) is 0 Å². The van der Waals surface area contributed by atoms with E-state index in [9.17, 15) is 0 Å². The highest BCUT2D eigenvalue weighted by molar-refractivity contribution is 5.84. The van der Waals surface area contributed by atoms with E-state index in [0.717, 1.165) is 12.8 Å². The van der Waals surface area contributed by atoms with E-state index in [1.807, 2.05) is 0 Å². The van der Waals surface area contributed by atoms with Gasteiger partial charge in [-0.25, -0.2) is 0 Å². The number of hydrogen-bond acceptors (Lipinski definition) is 3. The highest BCUT2D eigenvalue weighted by Crippen LogP contribution is 2.14. The van der Waals surface area contributed by atoms with E-state index in [0.29, 0.717) is 13.2 Å². The lowest BCUT2D eigenvalue weighted by Crippen LogP contribution is -2.06. The summed E-state index contributed by atoms with van der Waals surface area (Å²) in [5.74, 6) is 0. The molecular weight excluding hydrogens is 166 g/mol. The predicted molar refractivity (Wildman–Crippen MR) is 52.6 cm³/mol. The second-order valence-electron chi connectivity index (χ2n) is 3.09.